The van der Waals surface area contributed by atoms with E-state index in [0.717, 1.165) is 11.1 Å². The summed E-state index contributed by atoms with van der Waals surface area (Å²) >= 11 is 0. The number of carbonyl (C=O) groups excluding carboxylic acids is 2. The molecule has 1 heterocycles. The molecule has 8 heteroatoms. The monoisotopic (exact) mass is 383 g/mol. The Balaban J connectivity index is 1.48. The number of rotatable bonds is 6. The van der Waals surface area contributed by atoms with E-state index in [9.17, 15) is 14.0 Å². The zero-order valence-electron chi connectivity index (χ0n) is 15.4. The average molecular weight is 383 g/mol. The molecule has 28 heavy (non-hydrogen) atoms. The van der Waals surface area contributed by atoms with Crippen molar-refractivity contribution in [2.24, 2.45) is 0 Å². The van der Waals surface area contributed by atoms with E-state index in [-0.39, 0.29) is 36.7 Å². The van der Waals surface area contributed by atoms with Gasteiger partial charge in [-0.2, -0.15) is 0 Å². The van der Waals surface area contributed by atoms with Crippen LogP contribution in [0.15, 0.2) is 46.9 Å². The van der Waals surface area contributed by atoms with Gasteiger partial charge in [0.25, 0.3) is 11.8 Å². The van der Waals surface area contributed by atoms with Crippen LogP contribution in [-0.2, 0) is 16.1 Å². The van der Waals surface area contributed by atoms with Crippen molar-refractivity contribution < 1.29 is 23.1 Å². The van der Waals surface area contributed by atoms with Gasteiger partial charge in [0, 0.05) is 11.1 Å². The molecule has 0 saturated carbocycles. The van der Waals surface area contributed by atoms with E-state index in [4.69, 9.17) is 9.15 Å². The summed E-state index contributed by atoms with van der Waals surface area (Å²) in [5.41, 5.74) is 3.09. The molecule has 0 bridgehead atoms. The Kier molecular flexibility index (Phi) is 5.78. The predicted molar refractivity (Wildman–Crippen MR) is 97.7 cm³/mol. The minimum atomic E-state index is -0.640. The fraction of sp³-hybridized carbons (Fsp3) is 0.200. The van der Waals surface area contributed by atoms with Crippen molar-refractivity contribution in [3.05, 3.63) is 70.9 Å². The first-order valence-corrected chi connectivity index (χ1v) is 8.52. The lowest BCUT2D eigenvalue weighted by molar-refractivity contribution is -0.144. The molecule has 2 aromatic carbocycles. The number of esters is 1. The summed E-state index contributed by atoms with van der Waals surface area (Å²) in [4.78, 5) is 23.9. The molecular formula is C20H18FN3O4. The second kappa shape index (κ2) is 8.43. The Morgan fingerprint density at radius 1 is 1.07 bits per heavy atom. The molecule has 0 aliphatic rings. The smallest absolute Gasteiger partial charge is 0.325 e. The van der Waals surface area contributed by atoms with Crippen LogP contribution in [0.2, 0.25) is 0 Å². The van der Waals surface area contributed by atoms with Crippen molar-refractivity contribution in [2.45, 2.75) is 20.5 Å². The minimum Gasteiger partial charge on any atom is -0.454 e. The second-order valence-corrected chi connectivity index (χ2v) is 6.15. The number of amides is 1. The Labute approximate surface area is 160 Å². The van der Waals surface area contributed by atoms with E-state index >= 15 is 0 Å². The molecule has 0 saturated heterocycles. The summed E-state index contributed by atoms with van der Waals surface area (Å²) < 4.78 is 23.3. The second-order valence-electron chi connectivity index (χ2n) is 6.15. The van der Waals surface area contributed by atoms with Gasteiger partial charge in [0.1, 0.15) is 12.4 Å². The highest BCUT2D eigenvalue weighted by molar-refractivity contribution is 5.96. The summed E-state index contributed by atoms with van der Waals surface area (Å²) in [5.74, 6) is -1.10. The van der Waals surface area contributed by atoms with Gasteiger partial charge in [-0.15, -0.1) is 10.2 Å². The first-order valence-electron chi connectivity index (χ1n) is 8.52. The maximum Gasteiger partial charge on any atom is 0.325 e. The third kappa shape index (κ3) is 4.79. The van der Waals surface area contributed by atoms with Crippen molar-refractivity contribution in [2.75, 3.05) is 6.54 Å². The van der Waals surface area contributed by atoms with Gasteiger partial charge in [-0.05, 0) is 61.4 Å². The number of hydrogen-bond donors (Lipinski definition) is 1. The first-order chi connectivity index (χ1) is 13.4. The molecule has 3 rings (SSSR count). The summed E-state index contributed by atoms with van der Waals surface area (Å²) in [6, 6.07) is 10.8. The lowest BCUT2D eigenvalue weighted by Crippen LogP contribution is -2.30. The van der Waals surface area contributed by atoms with Crippen molar-refractivity contribution in [3.8, 4) is 11.5 Å². The van der Waals surface area contributed by atoms with E-state index in [0.29, 0.717) is 11.1 Å². The molecule has 0 aliphatic carbocycles. The number of halogens is 1. The van der Waals surface area contributed by atoms with E-state index in [1.54, 1.807) is 12.1 Å². The number of aryl methyl sites for hydroxylation is 2. The van der Waals surface area contributed by atoms with Gasteiger partial charge in [0.15, 0.2) is 6.61 Å². The third-order valence-electron chi connectivity index (χ3n) is 4.08. The van der Waals surface area contributed by atoms with Crippen molar-refractivity contribution >= 4 is 11.9 Å². The Hall–Kier alpha value is -3.55. The van der Waals surface area contributed by atoms with Gasteiger partial charge < -0.3 is 14.5 Å². The van der Waals surface area contributed by atoms with Gasteiger partial charge in [-0.25, -0.2) is 4.39 Å². The molecule has 3 aromatic rings. The Bertz CT molecular complexity index is 999. The van der Waals surface area contributed by atoms with Crippen LogP contribution < -0.4 is 5.32 Å². The maximum absolute atomic E-state index is 12.9. The molecule has 1 aromatic heterocycles. The molecule has 0 aliphatic heterocycles. The maximum atomic E-state index is 12.9. The summed E-state index contributed by atoms with van der Waals surface area (Å²) in [6.45, 7) is 3.34. The highest BCUT2D eigenvalue weighted by Gasteiger charge is 2.13. The van der Waals surface area contributed by atoms with Crippen LogP contribution in [0.1, 0.15) is 27.4 Å². The van der Waals surface area contributed by atoms with Crippen LogP contribution in [0.25, 0.3) is 11.5 Å². The third-order valence-corrected chi connectivity index (χ3v) is 4.08. The number of carbonyl (C=O) groups is 2. The van der Waals surface area contributed by atoms with Crippen LogP contribution in [0, 0.1) is 19.7 Å². The van der Waals surface area contributed by atoms with Crippen LogP contribution >= 0.6 is 0 Å². The van der Waals surface area contributed by atoms with E-state index in [1.165, 1.54) is 24.3 Å². The number of ether oxygens (including phenoxy) is 1. The number of aromatic nitrogens is 2. The zero-order chi connectivity index (χ0) is 20.1. The molecule has 1 N–H and O–H groups in total. The molecule has 1 amide bonds. The first kappa shape index (κ1) is 19.2. The number of hydrogen-bond acceptors (Lipinski definition) is 6. The molecule has 0 unspecified atom stereocenters. The minimum absolute atomic E-state index is 0.0909. The molecule has 7 nitrogen and oxygen atoms in total. The largest absolute Gasteiger partial charge is 0.454 e. The van der Waals surface area contributed by atoms with Gasteiger partial charge in [-0.1, -0.05) is 6.07 Å². The van der Waals surface area contributed by atoms with Gasteiger partial charge >= 0.3 is 5.97 Å². The van der Waals surface area contributed by atoms with E-state index < -0.39 is 5.97 Å². The highest BCUT2D eigenvalue weighted by Crippen LogP contribution is 2.18. The fourth-order valence-corrected chi connectivity index (χ4v) is 2.35. The quantitative estimate of drug-likeness (QED) is 0.658. The van der Waals surface area contributed by atoms with Gasteiger partial charge in [-0.3, -0.25) is 9.59 Å². The van der Waals surface area contributed by atoms with Crippen LogP contribution in [0.5, 0.6) is 0 Å². The summed E-state index contributed by atoms with van der Waals surface area (Å²) in [5, 5.41) is 10.1. The average Bonchev–Trinajstić information content (AvgIpc) is 3.16. The summed E-state index contributed by atoms with van der Waals surface area (Å²) in [7, 11) is 0. The van der Waals surface area contributed by atoms with Crippen LogP contribution in [-0.4, -0.2) is 28.6 Å². The van der Waals surface area contributed by atoms with Crippen LogP contribution in [0.4, 0.5) is 4.39 Å². The van der Waals surface area contributed by atoms with Gasteiger partial charge in [0.05, 0.1) is 0 Å². The lowest BCUT2D eigenvalue weighted by atomic mass is 10.1. The Morgan fingerprint density at radius 2 is 1.82 bits per heavy atom. The molecule has 0 fully saturated rings. The number of nitrogens with one attached hydrogen (secondary N) is 1. The topological polar surface area (TPSA) is 94.3 Å². The number of nitrogens with zero attached hydrogens (tertiary/aromatic N) is 2. The fourth-order valence-electron chi connectivity index (χ4n) is 2.35. The lowest BCUT2D eigenvalue weighted by Gasteiger charge is -2.07. The number of benzene rings is 2. The Morgan fingerprint density at radius 3 is 2.54 bits per heavy atom. The van der Waals surface area contributed by atoms with E-state index in [2.05, 4.69) is 15.5 Å². The van der Waals surface area contributed by atoms with Crippen molar-refractivity contribution in [1.29, 1.82) is 0 Å². The zero-order valence-corrected chi connectivity index (χ0v) is 15.4. The molecule has 0 spiro atoms. The standard InChI is InChI=1S/C20H18FN3O4/c1-12-3-4-15(9-13(12)2)19(26)22-10-18(25)27-11-17-23-24-20(28-17)14-5-7-16(21)8-6-14/h3-9H,10-11H2,1-2H3,(H,22,26). The predicted octanol–water partition coefficient (Wildman–Crippen LogP) is 2.97. The van der Waals surface area contributed by atoms with Crippen LogP contribution in [0.3, 0.4) is 0 Å². The highest BCUT2D eigenvalue weighted by atomic mass is 19.1. The summed E-state index contributed by atoms with van der Waals surface area (Å²) in [6.07, 6.45) is 0. The van der Waals surface area contributed by atoms with Crippen molar-refractivity contribution in [3.63, 3.8) is 0 Å². The van der Waals surface area contributed by atoms with Crippen molar-refractivity contribution in [1.82, 2.24) is 15.5 Å². The molecule has 0 atom stereocenters. The normalized spacial score (nSPS) is 10.5. The molecule has 144 valence electrons. The molecular weight excluding hydrogens is 365 g/mol. The SMILES string of the molecule is Cc1ccc(C(=O)NCC(=O)OCc2nnc(-c3ccc(F)cc3)o2)cc1C. The van der Waals surface area contributed by atoms with E-state index in [1.807, 2.05) is 19.9 Å². The van der Waals surface area contributed by atoms with Gasteiger partial charge in [0.2, 0.25) is 5.89 Å². The molecule has 0 radical (unpaired) electrons.